The first-order valence-electron chi connectivity index (χ1n) is 7.25. The third kappa shape index (κ3) is 5.78. The fraction of sp³-hybridized carbons (Fsp3) is 0.600. The van der Waals surface area contributed by atoms with Crippen LogP contribution in [0.4, 0.5) is 11.4 Å². The molecule has 1 unspecified atom stereocenters. The Bertz CT molecular complexity index is 438. The van der Waals surface area contributed by atoms with Gasteiger partial charge in [0.05, 0.1) is 15.6 Å². The molecule has 1 aromatic rings. The second-order valence-corrected chi connectivity index (χ2v) is 5.58. The number of non-ortho nitro benzene ring substituents is 1. The van der Waals surface area contributed by atoms with Crippen molar-refractivity contribution in [3.63, 3.8) is 0 Å². The Morgan fingerprint density at radius 2 is 2.00 bits per heavy atom. The van der Waals surface area contributed by atoms with Crippen molar-refractivity contribution in [2.75, 3.05) is 5.32 Å². The number of hydrogen-bond acceptors (Lipinski definition) is 3. The number of nitro groups is 1. The SMILES string of the molecule is CCCCCCCC(C)Nc1cc([N+](=O)[O-])ccc1Cl. The van der Waals surface area contributed by atoms with E-state index in [2.05, 4.69) is 19.2 Å². The van der Waals surface area contributed by atoms with Crippen molar-refractivity contribution in [3.05, 3.63) is 33.3 Å². The predicted octanol–water partition coefficient (Wildman–Crippen LogP) is 5.41. The summed E-state index contributed by atoms with van der Waals surface area (Å²) >= 11 is 6.06. The molecule has 0 aliphatic rings. The number of nitro benzene ring substituents is 1. The van der Waals surface area contributed by atoms with E-state index < -0.39 is 4.92 Å². The number of halogens is 1. The van der Waals surface area contributed by atoms with Crippen LogP contribution in [0.1, 0.15) is 52.4 Å². The van der Waals surface area contributed by atoms with E-state index in [4.69, 9.17) is 11.6 Å². The highest BCUT2D eigenvalue weighted by molar-refractivity contribution is 6.33. The summed E-state index contributed by atoms with van der Waals surface area (Å²) in [6, 6.07) is 4.74. The van der Waals surface area contributed by atoms with Crippen molar-refractivity contribution in [2.24, 2.45) is 0 Å². The van der Waals surface area contributed by atoms with Crippen LogP contribution < -0.4 is 5.32 Å². The standard InChI is InChI=1S/C15H23ClN2O2/c1-3-4-5-6-7-8-12(2)17-15-11-13(18(19)20)9-10-14(15)16/h9-12,17H,3-8H2,1-2H3. The van der Waals surface area contributed by atoms with E-state index in [1.165, 1.54) is 44.2 Å². The first-order chi connectivity index (χ1) is 9.54. The molecule has 20 heavy (non-hydrogen) atoms. The summed E-state index contributed by atoms with van der Waals surface area (Å²) in [6.07, 6.45) is 7.27. The molecular formula is C15H23ClN2O2. The Morgan fingerprint density at radius 3 is 2.65 bits per heavy atom. The van der Waals surface area contributed by atoms with Crippen LogP contribution in [0.25, 0.3) is 0 Å². The van der Waals surface area contributed by atoms with E-state index in [1.807, 2.05) is 0 Å². The molecule has 0 amide bonds. The van der Waals surface area contributed by atoms with E-state index in [-0.39, 0.29) is 11.7 Å². The highest BCUT2D eigenvalue weighted by Gasteiger charge is 2.11. The molecule has 1 N–H and O–H groups in total. The summed E-state index contributed by atoms with van der Waals surface area (Å²) in [5, 5.41) is 14.5. The summed E-state index contributed by atoms with van der Waals surface area (Å²) in [6.45, 7) is 4.28. The minimum Gasteiger partial charge on any atom is -0.381 e. The third-order valence-electron chi connectivity index (χ3n) is 3.30. The molecule has 0 saturated heterocycles. The number of anilines is 1. The summed E-state index contributed by atoms with van der Waals surface area (Å²) in [5.74, 6) is 0. The highest BCUT2D eigenvalue weighted by Crippen LogP contribution is 2.27. The molecule has 1 aromatic carbocycles. The molecule has 0 heterocycles. The van der Waals surface area contributed by atoms with Gasteiger partial charge in [-0.05, 0) is 19.4 Å². The fourth-order valence-corrected chi connectivity index (χ4v) is 2.30. The molecule has 0 spiro atoms. The van der Waals surface area contributed by atoms with Crippen LogP contribution in [0, 0.1) is 10.1 Å². The van der Waals surface area contributed by atoms with Crippen LogP contribution in [0.15, 0.2) is 18.2 Å². The number of benzene rings is 1. The number of unbranched alkanes of at least 4 members (excludes halogenated alkanes) is 4. The van der Waals surface area contributed by atoms with Gasteiger partial charge in [0.15, 0.2) is 0 Å². The molecule has 0 aliphatic carbocycles. The lowest BCUT2D eigenvalue weighted by atomic mass is 10.1. The predicted molar refractivity (Wildman–Crippen MR) is 84.6 cm³/mol. The molecule has 0 bridgehead atoms. The van der Waals surface area contributed by atoms with Crippen LogP contribution in [-0.2, 0) is 0 Å². The Morgan fingerprint density at radius 1 is 1.30 bits per heavy atom. The van der Waals surface area contributed by atoms with Crippen LogP contribution in [0.2, 0.25) is 5.02 Å². The van der Waals surface area contributed by atoms with Gasteiger partial charge in [-0.3, -0.25) is 10.1 Å². The molecule has 0 saturated carbocycles. The molecule has 1 atom stereocenters. The minimum atomic E-state index is -0.406. The Hall–Kier alpha value is -1.29. The largest absolute Gasteiger partial charge is 0.381 e. The van der Waals surface area contributed by atoms with Gasteiger partial charge in [-0.2, -0.15) is 0 Å². The van der Waals surface area contributed by atoms with Crippen molar-refractivity contribution >= 4 is 23.0 Å². The average Bonchev–Trinajstić information content (AvgIpc) is 2.40. The highest BCUT2D eigenvalue weighted by atomic mass is 35.5. The van der Waals surface area contributed by atoms with Gasteiger partial charge in [0.25, 0.3) is 5.69 Å². The lowest BCUT2D eigenvalue weighted by Crippen LogP contribution is -2.15. The van der Waals surface area contributed by atoms with E-state index in [0.717, 1.165) is 6.42 Å². The smallest absolute Gasteiger partial charge is 0.271 e. The van der Waals surface area contributed by atoms with Crippen LogP contribution in [-0.4, -0.2) is 11.0 Å². The molecule has 0 radical (unpaired) electrons. The summed E-state index contributed by atoms with van der Waals surface area (Å²) in [7, 11) is 0. The quantitative estimate of drug-likeness (QED) is 0.377. The van der Waals surface area contributed by atoms with Gasteiger partial charge in [-0.1, -0.05) is 50.6 Å². The van der Waals surface area contributed by atoms with Gasteiger partial charge in [0.1, 0.15) is 0 Å². The topological polar surface area (TPSA) is 55.2 Å². The third-order valence-corrected chi connectivity index (χ3v) is 3.63. The first kappa shape index (κ1) is 16.8. The van der Waals surface area contributed by atoms with Gasteiger partial charge >= 0.3 is 0 Å². The maximum Gasteiger partial charge on any atom is 0.271 e. The summed E-state index contributed by atoms with van der Waals surface area (Å²) in [4.78, 5) is 10.4. The summed E-state index contributed by atoms with van der Waals surface area (Å²) < 4.78 is 0. The number of hydrogen-bond donors (Lipinski definition) is 1. The molecule has 1 rings (SSSR count). The molecule has 4 nitrogen and oxygen atoms in total. The molecule has 112 valence electrons. The van der Waals surface area contributed by atoms with Gasteiger partial charge < -0.3 is 5.32 Å². The van der Waals surface area contributed by atoms with Crippen molar-refractivity contribution in [3.8, 4) is 0 Å². The Balaban J connectivity index is 2.46. The van der Waals surface area contributed by atoms with Crippen molar-refractivity contribution < 1.29 is 4.92 Å². The molecular weight excluding hydrogens is 276 g/mol. The number of rotatable bonds is 9. The Kier molecular flexibility index (Phi) is 7.37. The average molecular weight is 299 g/mol. The summed E-state index contributed by atoms with van der Waals surface area (Å²) in [5.41, 5.74) is 0.703. The van der Waals surface area contributed by atoms with Crippen LogP contribution >= 0.6 is 11.6 Å². The zero-order valence-electron chi connectivity index (χ0n) is 12.2. The van der Waals surface area contributed by atoms with Crippen molar-refractivity contribution in [1.29, 1.82) is 0 Å². The van der Waals surface area contributed by atoms with E-state index in [9.17, 15) is 10.1 Å². The molecule has 0 fully saturated rings. The van der Waals surface area contributed by atoms with Crippen LogP contribution in [0.3, 0.4) is 0 Å². The second-order valence-electron chi connectivity index (χ2n) is 5.17. The normalized spacial score (nSPS) is 12.2. The van der Waals surface area contributed by atoms with Gasteiger partial charge in [-0.25, -0.2) is 0 Å². The fourth-order valence-electron chi connectivity index (χ4n) is 2.13. The number of nitrogens with one attached hydrogen (secondary N) is 1. The zero-order valence-corrected chi connectivity index (χ0v) is 12.9. The molecule has 0 aromatic heterocycles. The van der Waals surface area contributed by atoms with Gasteiger partial charge in [0, 0.05) is 18.2 Å². The van der Waals surface area contributed by atoms with E-state index >= 15 is 0 Å². The second kappa shape index (κ2) is 8.80. The van der Waals surface area contributed by atoms with Gasteiger partial charge in [0.2, 0.25) is 0 Å². The van der Waals surface area contributed by atoms with E-state index in [1.54, 1.807) is 6.07 Å². The maximum absolute atomic E-state index is 10.8. The minimum absolute atomic E-state index is 0.0621. The van der Waals surface area contributed by atoms with Crippen LogP contribution in [0.5, 0.6) is 0 Å². The Labute approximate surface area is 125 Å². The first-order valence-corrected chi connectivity index (χ1v) is 7.63. The molecule has 5 heteroatoms. The van der Waals surface area contributed by atoms with E-state index in [0.29, 0.717) is 10.7 Å². The van der Waals surface area contributed by atoms with Gasteiger partial charge in [-0.15, -0.1) is 0 Å². The van der Waals surface area contributed by atoms with Crippen molar-refractivity contribution in [1.82, 2.24) is 0 Å². The lowest BCUT2D eigenvalue weighted by Gasteiger charge is -2.16. The molecule has 0 aliphatic heterocycles. The van der Waals surface area contributed by atoms with Crippen molar-refractivity contribution in [2.45, 2.75) is 58.4 Å². The lowest BCUT2D eigenvalue weighted by molar-refractivity contribution is -0.384. The number of nitrogens with zero attached hydrogens (tertiary/aromatic N) is 1. The monoisotopic (exact) mass is 298 g/mol. The zero-order chi connectivity index (χ0) is 15.0. The maximum atomic E-state index is 10.8.